The lowest BCUT2D eigenvalue weighted by atomic mass is 10.0. The van der Waals surface area contributed by atoms with Crippen LogP contribution in [0.1, 0.15) is 66.4 Å². The molecule has 1 aromatic rings. The molecule has 0 spiro atoms. The van der Waals surface area contributed by atoms with E-state index in [0.717, 1.165) is 55.0 Å². The highest BCUT2D eigenvalue weighted by Gasteiger charge is 2.51. The van der Waals surface area contributed by atoms with Crippen LogP contribution >= 0.6 is 0 Å². The van der Waals surface area contributed by atoms with Gasteiger partial charge in [-0.05, 0) is 81.4 Å². The Kier molecular flexibility index (Phi) is 11.9. The summed E-state index contributed by atoms with van der Waals surface area (Å²) in [6.07, 6.45) is 8.09. The molecule has 1 aromatic carbocycles. The van der Waals surface area contributed by atoms with E-state index in [1.807, 2.05) is 31.2 Å². The summed E-state index contributed by atoms with van der Waals surface area (Å²) in [5.41, 5.74) is 3.10. The maximum Gasteiger partial charge on any atom is 0.192 e. The van der Waals surface area contributed by atoms with Crippen molar-refractivity contribution < 1.29 is 23.4 Å². The molecule has 5 nitrogen and oxygen atoms in total. The highest BCUT2D eigenvalue weighted by Crippen LogP contribution is 2.37. The second-order valence-electron chi connectivity index (χ2n) is 9.89. The molecule has 1 aliphatic rings. The predicted octanol–water partition coefficient (Wildman–Crippen LogP) is 7.02. The van der Waals surface area contributed by atoms with E-state index >= 15 is 0 Å². The molecule has 0 aliphatic carbocycles. The van der Waals surface area contributed by atoms with Crippen molar-refractivity contribution in [2.24, 2.45) is 0 Å². The Morgan fingerprint density at radius 3 is 2.31 bits per heavy atom. The molecule has 2 rings (SSSR count). The average molecular weight is 503 g/mol. The number of benzene rings is 1. The van der Waals surface area contributed by atoms with Gasteiger partial charge in [-0.1, -0.05) is 50.6 Å². The fourth-order valence-corrected chi connectivity index (χ4v) is 7.23. The molecule has 0 N–H and O–H groups in total. The standard InChI is InChI=1S/C29H46O5Si/c1-8-35(9-2,10-3)34-27(24(5)12-18-28-29(6,22-30)33-28)17-11-23(4)19-20-32-21-25-13-15-26(31-7)16-14-25/h12-16,19,22,27-28H,8-11,17-18,20-21H2,1-7H3/b23-19+,24-12-/t27-,28-,29-/m0/s1. The van der Waals surface area contributed by atoms with Gasteiger partial charge in [0.05, 0.1) is 32.5 Å². The molecule has 0 aromatic heterocycles. The monoisotopic (exact) mass is 502 g/mol. The lowest BCUT2D eigenvalue weighted by molar-refractivity contribution is -0.111. The van der Waals surface area contributed by atoms with Gasteiger partial charge in [0, 0.05) is 0 Å². The second kappa shape index (κ2) is 14.1. The topological polar surface area (TPSA) is 57.3 Å². The van der Waals surface area contributed by atoms with E-state index in [4.69, 9.17) is 18.6 Å². The fourth-order valence-electron chi connectivity index (χ4n) is 4.32. The maximum absolute atomic E-state index is 11.2. The Morgan fingerprint density at radius 1 is 1.11 bits per heavy atom. The van der Waals surface area contributed by atoms with E-state index in [2.05, 4.69) is 46.8 Å². The van der Waals surface area contributed by atoms with E-state index in [1.165, 1.54) is 11.1 Å². The number of ether oxygens (including phenoxy) is 3. The first kappa shape index (κ1) is 29.5. The number of carbonyl (C=O) groups excluding carboxylic acids is 1. The third-order valence-corrected chi connectivity index (χ3v) is 12.1. The quantitative estimate of drug-likeness (QED) is 0.0753. The molecule has 1 heterocycles. The SMILES string of the molecule is CC[Si](CC)(CC)O[C@@H](CC/C(C)=C/COCc1ccc(OC)cc1)/C(C)=C\C[C@@H]1O[C@@]1(C)C=O. The highest BCUT2D eigenvalue weighted by molar-refractivity contribution is 6.73. The molecule has 0 bridgehead atoms. The molecular formula is C29H46O5Si. The van der Waals surface area contributed by atoms with Crippen LogP contribution in [0.3, 0.4) is 0 Å². The minimum Gasteiger partial charge on any atom is -0.497 e. The Morgan fingerprint density at radius 2 is 1.77 bits per heavy atom. The second-order valence-corrected chi connectivity index (χ2v) is 14.6. The van der Waals surface area contributed by atoms with Crippen molar-refractivity contribution >= 4 is 14.6 Å². The van der Waals surface area contributed by atoms with Crippen LogP contribution in [0, 0.1) is 0 Å². The summed E-state index contributed by atoms with van der Waals surface area (Å²) < 4.78 is 23.6. The summed E-state index contributed by atoms with van der Waals surface area (Å²) in [6, 6.07) is 11.4. The van der Waals surface area contributed by atoms with E-state index in [-0.39, 0.29) is 12.2 Å². The van der Waals surface area contributed by atoms with Gasteiger partial charge in [-0.3, -0.25) is 0 Å². The van der Waals surface area contributed by atoms with Gasteiger partial charge in [-0.15, -0.1) is 0 Å². The number of hydrogen-bond donors (Lipinski definition) is 0. The van der Waals surface area contributed by atoms with Gasteiger partial charge in [-0.25, -0.2) is 0 Å². The maximum atomic E-state index is 11.2. The zero-order chi connectivity index (χ0) is 25.9. The van der Waals surface area contributed by atoms with Crippen molar-refractivity contribution in [3.8, 4) is 5.75 Å². The summed E-state index contributed by atoms with van der Waals surface area (Å²) in [7, 11) is -0.0757. The Balaban J connectivity index is 1.93. The van der Waals surface area contributed by atoms with Crippen molar-refractivity contribution in [2.75, 3.05) is 13.7 Å². The third-order valence-electron chi connectivity index (χ3n) is 7.48. The van der Waals surface area contributed by atoms with Crippen molar-refractivity contribution in [3.63, 3.8) is 0 Å². The lowest BCUT2D eigenvalue weighted by Crippen LogP contribution is -2.40. The van der Waals surface area contributed by atoms with E-state index in [0.29, 0.717) is 13.2 Å². The lowest BCUT2D eigenvalue weighted by Gasteiger charge is -2.34. The first-order chi connectivity index (χ1) is 16.7. The van der Waals surface area contributed by atoms with E-state index in [1.54, 1.807) is 7.11 Å². The minimum absolute atomic E-state index is 0.00869. The fraction of sp³-hybridized carbons (Fsp3) is 0.621. The number of rotatable bonds is 17. The summed E-state index contributed by atoms with van der Waals surface area (Å²) >= 11 is 0. The molecule has 0 amide bonds. The van der Waals surface area contributed by atoms with Gasteiger partial charge in [0.2, 0.25) is 0 Å². The summed E-state index contributed by atoms with van der Waals surface area (Å²) in [6.45, 7) is 14.2. The first-order valence-electron chi connectivity index (χ1n) is 13.1. The Labute approximate surface area is 214 Å². The number of hydrogen-bond acceptors (Lipinski definition) is 5. The molecule has 1 aliphatic heterocycles. The third kappa shape index (κ3) is 9.01. The van der Waals surface area contributed by atoms with Crippen LogP contribution in [0.15, 0.2) is 47.6 Å². The largest absolute Gasteiger partial charge is 0.497 e. The molecule has 0 radical (unpaired) electrons. The summed E-state index contributed by atoms with van der Waals surface area (Å²) in [5, 5.41) is 0. The van der Waals surface area contributed by atoms with E-state index < -0.39 is 13.9 Å². The minimum atomic E-state index is -1.75. The highest BCUT2D eigenvalue weighted by atomic mass is 28.4. The Bertz CT molecular complexity index is 835. The molecule has 35 heavy (non-hydrogen) atoms. The van der Waals surface area contributed by atoms with Gasteiger partial charge in [0.25, 0.3) is 0 Å². The molecule has 1 saturated heterocycles. The van der Waals surface area contributed by atoms with Gasteiger partial charge in [-0.2, -0.15) is 0 Å². The number of methoxy groups -OCH3 is 1. The van der Waals surface area contributed by atoms with Crippen molar-refractivity contribution in [3.05, 3.63) is 53.1 Å². The van der Waals surface area contributed by atoms with Gasteiger partial charge in [0.15, 0.2) is 14.6 Å². The van der Waals surface area contributed by atoms with E-state index in [9.17, 15) is 4.79 Å². The molecule has 0 unspecified atom stereocenters. The van der Waals surface area contributed by atoms with Crippen molar-refractivity contribution in [1.29, 1.82) is 0 Å². The van der Waals surface area contributed by atoms with Gasteiger partial charge in [0.1, 0.15) is 11.4 Å². The number of carbonyl (C=O) groups is 1. The molecular weight excluding hydrogens is 456 g/mol. The van der Waals surface area contributed by atoms with Crippen LogP contribution in [0.5, 0.6) is 5.75 Å². The summed E-state index contributed by atoms with van der Waals surface area (Å²) in [4.78, 5) is 11.2. The van der Waals surface area contributed by atoms with Crippen LogP contribution in [0.25, 0.3) is 0 Å². The molecule has 0 saturated carbocycles. The zero-order valence-corrected chi connectivity index (χ0v) is 23.9. The van der Waals surface area contributed by atoms with Gasteiger partial charge >= 0.3 is 0 Å². The number of allylic oxidation sites excluding steroid dienone is 1. The van der Waals surface area contributed by atoms with Crippen LogP contribution in [-0.2, 0) is 25.3 Å². The average Bonchev–Trinajstić information content (AvgIpc) is 3.56. The van der Waals surface area contributed by atoms with Crippen molar-refractivity contribution in [2.45, 2.75) is 103 Å². The smallest absolute Gasteiger partial charge is 0.192 e. The van der Waals surface area contributed by atoms with Crippen LogP contribution in [0.2, 0.25) is 18.1 Å². The number of aldehydes is 1. The Hall–Kier alpha value is -1.73. The predicted molar refractivity (Wildman–Crippen MR) is 145 cm³/mol. The molecule has 6 heteroatoms. The van der Waals surface area contributed by atoms with Crippen LogP contribution < -0.4 is 4.74 Å². The van der Waals surface area contributed by atoms with Crippen molar-refractivity contribution in [1.82, 2.24) is 0 Å². The zero-order valence-electron chi connectivity index (χ0n) is 22.9. The molecule has 1 fully saturated rings. The normalized spacial score (nSPS) is 21.6. The summed E-state index contributed by atoms with van der Waals surface area (Å²) in [5.74, 6) is 0.856. The van der Waals surface area contributed by atoms with Gasteiger partial charge < -0.3 is 23.4 Å². The molecule has 196 valence electrons. The van der Waals surface area contributed by atoms with Crippen LogP contribution in [0.4, 0.5) is 0 Å². The van der Waals surface area contributed by atoms with Crippen LogP contribution in [-0.4, -0.2) is 46.1 Å². The molecule has 3 atom stereocenters. The first-order valence-corrected chi connectivity index (χ1v) is 15.6. The number of epoxide rings is 1.